The monoisotopic (exact) mass is 241 g/mol. The minimum atomic E-state index is 0.191. The molecule has 0 heterocycles. The van der Waals surface area contributed by atoms with Crippen LogP contribution in [0.25, 0.3) is 0 Å². The Morgan fingerprint density at radius 2 is 2.00 bits per heavy atom. The highest BCUT2D eigenvalue weighted by Crippen LogP contribution is 2.26. The number of halogens is 1. The smallest absolute Gasteiger partial charge is 0.121 e. The summed E-state index contributed by atoms with van der Waals surface area (Å²) >= 11 is 6.03. The van der Waals surface area contributed by atoms with Crippen molar-refractivity contribution in [1.82, 2.24) is 5.32 Å². The maximum absolute atomic E-state index is 9.68. The van der Waals surface area contributed by atoms with Gasteiger partial charge in [-0.05, 0) is 24.5 Å². The van der Waals surface area contributed by atoms with Gasteiger partial charge < -0.3 is 10.4 Å². The highest BCUT2D eigenvalue weighted by Gasteiger charge is 2.19. The molecular weight excluding hydrogens is 222 g/mol. The molecule has 16 heavy (non-hydrogen) atoms. The van der Waals surface area contributed by atoms with Gasteiger partial charge in [-0.25, -0.2) is 0 Å². The number of hydrogen-bond acceptors (Lipinski definition) is 2. The zero-order valence-corrected chi connectivity index (χ0v) is 11.1. The third-order valence-electron chi connectivity index (χ3n) is 2.98. The van der Waals surface area contributed by atoms with Crippen molar-refractivity contribution in [2.45, 2.75) is 40.3 Å². The van der Waals surface area contributed by atoms with E-state index in [0.29, 0.717) is 17.6 Å². The van der Waals surface area contributed by atoms with Crippen molar-refractivity contribution < 1.29 is 5.11 Å². The Morgan fingerprint density at radius 1 is 1.38 bits per heavy atom. The summed E-state index contributed by atoms with van der Waals surface area (Å²) in [5, 5.41) is 13.7. The summed E-state index contributed by atoms with van der Waals surface area (Å²) in [5.74, 6) is 0.251. The molecule has 0 aliphatic heterocycles. The molecule has 0 radical (unpaired) electrons. The quantitative estimate of drug-likeness (QED) is 0.848. The van der Waals surface area contributed by atoms with E-state index >= 15 is 0 Å². The number of nitrogens with one attached hydrogen (secondary N) is 1. The molecule has 2 N–H and O–H groups in total. The topological polar surface area (TPSA) is 32.3 Å². The van der Waals surface area contributed by atoms with Crippen LogP contribution >= 0.6 is 11.6 Å². The van der Waals surface area contributed by atoms with Crippen molar-refractivity contribution in [1.29, 1.82) is 0 Å². The molecule has 0 spiro atoms. The lowest BCUT2D eigenvalue weighted by atomic mass is 9.88. The summed E-state index contributed by atoms with van der Waals surface area (Å²) in [6.07, 6.45) is 0. The molecule has 90 valence electrons. The number of aromatic hydroxyl groups is 1. The van der Waals surface area contributed by atoms with Gasteiger partial charge in [0.1, 0.15) is 5.75 Å². The Morgan fingerprint density at radius 3 is 2.50 bits per heavy atom. The second-order valence-electron chi connectivity index (χ2n) is 5.21. The second kappa shape index (κ2) is 5.07. The summed E-state index contributed by atoms with van der Waals surface area (Å²) < 4.78 is 0. The van der Waals surface area contributed by atoms with E-state index in [0.717, 1.165) is 5.56 Å². The van der Waals surface area contributed by atoms with Crippen molar-refractivity contribution in [3.05, 3.63) is 28.8 Å². The minimum absolute atomic E-state index is 0.191. The Bertz CT molecular complexity index is 337. The van der Waals surface area contributed by atoms with E-state index in [9.17, 15) is 5.11 Å². The van der Waals surface area contributed by atoms with E-state index in [2.05, 4.69) is 33.0 Å². The van der Waals surface area contributed by atoms with E-state index in [-0.39, 0.29) is 11.2 Å². The van der Waals surface area contributed by atoms with Gasteiger partial charge in [-0.15, -0.1) is 0 Å². The van der Waals surface area contributed by atoms with Crippen LogP contribution in [0.4, 0.5) is 0 Å². The van der Waals surface area contributed by atoms with Crippen LogP contribution in [0, 0.1) is 5.41 Å². The molecule has 1 atom stereocenters. The van der Waals surface area contributed by atoms with Crippen molar-refractivity contribution in [2.24, 2.45) is 5.41 Å². The summed E-state index contributed by atoms with van der Waals surface area (Å²) in [6.45, 7) is 9.25. The molecule has 0 bridgehead atoms. The number of rotatable bonds is 3. The zero-order chi connectivity index (χ0) is 12.3. The number of benzene rings is 1. The van der Waals surface area contributed by atoms with Gasteiger partial charge in [0.05, 0.1) is 0 Å². The molecule has 0 aliphatic rings. The Balaban J connectivity index is 2.69. The van der Waals surface area contributed by atoms with Crippen LogP contribution in [0.1, 0.15) is 33.3 Å². The SMILES string of the molecule is CC(NCc1c(O)cccc1Cl)C(C)(C)C. The lowest BCUT2D eigenvalue weighted by Gasteiger charge is -2.28. The number of phenolic OH excluding ortho intramolecular Hbond substituents is 1. The molecular formula is C13H20ClNO. The first-order valence-electron chi connectivity index (χ1n) is 5.52. The molecule has 1 unspecified atom stereocenters. The predicted molar refractivity (Wildman–Crippen MR) is 68.9 cm³/mol. The van der Waals surface area contributed by atoms with Crippen LogP contribution in [0.2, 0.25) is 5.02 Å². The fourth-order valence-corrected chi connectivity index (χ4v) is 1.52. The average Bonchev–Trinajstić information content (AvgIpc) is 2.15. The Hall–Kier alpha value is -0.730. The summed E-state index contributed by atoms with van der Waals surface area (Å²) in [4.78, 5) is 0. The van der Waals surface area contributed by atoms with Crippen LogP contribution in [0.5, 0.6) is 5.75 Å². The molecule has 1 aromatic rings. The molecule has 0 aromatic heterocycles. The lowest BCUT2D eigenvalue weighted by Crippen LogP contribution is -2.37. The van der Waals surface area contributed by atoms with Gasteiger partial charge in [-0.2, -0.15) is 0 Å². The molecule has 2 nitrogen and oxygen atoms in total. The molecule has 1 rings (SSSR count). The van der Waals surface area contributed by atoms with Crippen molar-refractivity contribution in [3.8, 4) is 5.75 Å². The van der Waals surface area contributed by atoms with E-state index < -0.39 is 0 Å². The van der Waals surface area contributed by atoms with Gasteiger partial charge >= 0.3 is 0 Å². The minimum Gasteiger partial charge on any atom is -0.508 e. The van der Waals surface area contributed by atoms with Crippen LogP contribution in [0.15, 0.2) is 18.2 Å². The van der Waals surface area contributed by atoms with E-state index in [1.54, 1.807) is 18.2 Å². The highest BCUT2D eigenvalue weighted by molar-refractivity contribution is 6.31. The first-order valence-corrected chi connectivity index (χ1v) is 5.90. The molecule has 0 saturated heterocycles. The van der Waals surface area contributed by atoms with Gasteiger partial charge in [-0.1, -0.05) is 38.4 Å². The lowest BCUT2D eigenvalue weighted by molar-refractivity contribution is 0.284. The van der Waals surface area contributed by atoms with Crippen LogP contribution in [-0.2, 0) is 6.54 Å². The maximum Gasteiger partial charge on any atom is 0.121 e. The Labute approximate surface area is 103 Å². The first-order chi connectivity index (χ1) is 7.32. The summed E-state index contributed by atoms with van der Waals surface area (Å²) in [6, 6.07) is 5.54. The van der Waals surface area contributed by atoms with E-state index in [1.807, 2.05) is 0 Å². The third kappa shape index (κ3) is 3.39. The maximum atomic E-state index is 9.68. The summed E-state index contributed by atoms with van der Waals surface area (Å²) in [5.41, 5.74) is 0.955. The fraction of sp³-hybridized carbons (Fsp3) is 0.538. The second-order valence-corrected chi connectivity index (χ2v) is 5.61. The van der Waals surface area contributed by atoms with Gasteiger partial charge in [0.25, 0.3) is 0 Å². The van der Waals surface area contributed by atoms with Crippen molar-refractivity contribution in [2.75, 3.05) is 0 Å². The van der Waals surface area contributed by atoms with Gasteiger partial charge in [0, 0.05) is 23.2 Å². The molecule has 0 saturated carbocycles. The molecule has 0 amide bonds. The molecule has 3 heteroatoms. The Kier molecular flexibility index (Phi) is 4.22. The average molecular weight is 242 g/mol. The molecule has 0 aliphatic carbocycles. The normalized spacial score (nSPS) is 13.8. The van der Waals surface area contributed by atoms with Crippen molar-refractivity contribution in [3.63, 3.8) is 0 Å². The van der Waals surface area contributed by atoms with Crippen LogP contribution in [0.3, 0.4) is 0 Å². The third-order valence-corrected chi connectivity index (χ3v) is 3.33. The zero-order valence-electron chi connectivity index (χ0n) is 10.3. The molecule has 1 aromatic carbocycles. The summed E-state index contributed by atoms with van der Waals surface area (Å²) in [7, 11) is 0. The van der Waals surface area contributed by atoms with Crippen LogP contribution in [-0.4, -0.2) is 11.1 Å². The van der Waals surface area contributed by atoms with Gasteiger partial charge in [-0.3, -0.25) is 0 Å². The van der Waals surface area contributed by atoms with E-state index in [4.69, 9.17) is 11.6 Å². The number of hydrogen-bond donors (Lipinski definition) is 2. The van der Waals surface area contributed by atoms with E-state index in [1.165, 1.54) is 0 Å². The van der Waals surface area contributed by atoms with Gasteiger partial charge in [0.2, 0.25) is 0 Å². The molecule has 0 fully saturated rings. The van der Waals surface area contributed by atoms with Crippen LogP contribution < -0.4 is 5.32 Å². The predicted octanol–water partition coefficient (Wildman–Crippen LogP) is 3.57. The number of phenols is 1. The van der Waals surface area contributed by atoms with Gasteiger partial charge in [0.15, 0.2) is 0 Å². The standard InChI is InChI=1S/C13H20ClNO/c1-9(13(2,3)4)15-8-10-11(14)6-5-7-12(10)16/h5-7,9,15-16H,8H2,1-4H3. The highest BCUT2D eigenvalue weighted by atomic mass is 35.5. The van der Waals surface area contributed by atoms with Crippen molar-refractivity contribution >= 4 is 11.6 Å². The first kappa shape index (κ1) is 13.3. The largest absolute Gasteiger partial charge is 0.508 e. The fourth-order valence-electron chi connectivity index (χ4n) is 1.28.